The van der Waals surface area contributed by atoms with Crippen molar-refractivity contribution in [2.24, 2.45) is 0 Å². The average molecular weight is 310 g/mol. The number of benzene rings is 1. The van der Waals surface area contributed by atoms with E-state index < -0.39 is 5.60 Å². The van der Waals surface area contributed by atoms with E-state index in [9.17, 15) is 9.90 Å². The highest BCUT2D eigenvalue weighted by molar-refractivity contribution is 5.98. The second-order valence-corrected chi connectivity index (χ2v) is 5.22. The van der Waals surface area contributed by atoms with Crippen LogP contribution in [0.4, 0.5) is 0 Å². The highest BCUT2D eigenvalue weighted by Crippen LogP contribution is 2.39. The summed E-state index contributed by atoms with van der Waals surface area (Å²) in [5, 5.41) is 16.1. The Balaban J connectivity index is 2.18. The van der Waals surface area contributed by atoms with Crippen LogP contribution in [-0.2, 0) is 0 Å². The van der Waals surface area contributed by atoms with Gasteiger partial charge in [-0.15, -0.1) is 0 Å². The molecule has 22 heavy (non-hydrogen) atoms. The molecule has 1 saturated heterocycles. The lowest BCUT2D eigenvalue weighted by Gasteiger charge is -2.22. The van der Waals surface area contributed by atoms with Gasteiger partial charge in [0.1, 0.15) is 0 Å². The van der Waals surface area contributed by atoms with E-state index in [0.29, 0.717) is 35.8 Å². The van der Waals surface area contributed by atoms with E-state index >= 15 is 0 Å². The Hall–Kier alpha value is -1.99. The minimum Gasteiger partial charge on any atom is -0.493 e. The summed E-state index contributed by atoms with van der Waals surface area (Å²) in [6, 6.07) is 3.24. The normalized spacial score (nSPS) is 20.5. The maximum Gasteiger partial charge on any atom is 0.255 e. The topological polar surface area (TPSA) is 89.1 Å². The summed E-state index contributed by atoms with van der Waals surface area (Å²) in [4.78, 5) is 12.4. The molecule has 0 aromatic heterocycles. The van der Waals surface area contributed by atoms with E-state index in [1.807, 2.05) is 0 Å². The van der Waals surface area contributed by atoms with Gasteiger partial charge in [-0.2, -0.15) is 0 Å². The molecule has 3 N–H and O–H groups in total. The van der Waals surface area contributed by atoms with Gasteiger partial charge in [0, 0.05) is 13.1 Å². The fourth-order valence-corrected chi connectivity index (χ4v) is 2.50. The summed E-state index contributed by atoms with van der Waals surface area (Å²) in [7, 11) is 4.46. The van der Waals surface area contributed by atoms with Crippen molar-refractivity contribution < 1.29 is 24.1 Å². The van der Waals surface area contributed by atoms with Gasteiger partial charge in [0.2, 0.25) is 5.75 Å². The Kier molecular flexibility index (Phi) is 5.10. The van der Waals surface area contributed by atoms with Gasteiger partial charge in [0.05, 0.1) is 32.5 Å². The lowest BCUT2D eigenvalue weighted by atomic mass is 10.0. The van der Waals surface area contributed by atoms with Crippen LogP contribution in [0.5, 0.6) is 17.2 Å². The highest BCUT2D eigenvalue weighted by Gasteiger charge is 2.32. The predicted molar refractivity (Wildman–Crippen MR) is 80.9 cm³/mol. The number of carbonyl (C=O) groups excluding carboxylic acids is 1. The van der Waals surface area contributed by atoms with Gasteiger partial charge < -0.3 is 30.0 Å². The van der Waals surface area contributed by atoms with E-state index in [0.717, 1.165) is 6.54 Å². The van der Waals surface area contributed by atoms with Crippen molar-refractivity contribution in [2.75, 3.05) is 41.0 Å². The van der Waals surface area contributed by atoms with Crippen LogP contribution < -0.4 is 24.8 Å². The van der Waals surface area contributed by atoms with Gasteiger partial charge in [-0.1, -0.05) is 0 Å². The fraction of sp³-hybridized carbons (Fsp3) is 0.533. The number of β-amino-alcohol motifs (C(OH)–C–C–N with tert-alkyl or cyclic N) is 1. The molecule has 122 valence electrons. The first kappa shape index (κ1) is 16.4. The van der Waals surface area contributed by atoms with Gasteiger partial charge >= 0.3 is 0 Å². The number of ether oxygens (including phenoxy) is 3. The van der Waals surface area contributed by atoms with Crippen molar-refractivity contribution in [3.63, 3.8) is 0 Å². The van der Waals surface area contributed by atoms with E-state index in [4.69, 9.17) is 14.2 Å². The van der Waals surface area contributed by atoms with Gasteiger partial charge in [-0.3, -0.25) is 4.79 Å². The molecule has 0 aliphatic carbocycles. The van der Waals surface area contributed by atoms with Crippen LogP contribution in [0.2, 0.25) is 0 Å². The quantitative estimate of drug-likeness (QED) is 0.694. The molecular formula is C15H22N2O5. The van der Waals surface area contributed by atoms with E-state index in [1.165, 1.54) is 21.3 Å². The SMILES string of the molecule is COc1ccc(C(=O)NC[C@@]2(O)CCNC2)c(OC)c1OC. The summed E-state index contributed by atoms with van der Waals surface area (Å²) in [6.45, 7) is 1.39. The van der Waals surface area contributed by atoms with Crippen LogP contribution in [0, 0.1) is 0 Å². The zero-order valence-corrected chi connectivity index (χ0v) is 13.1. The summed E-state index contributed by atoms with van der Waals surface area (Å²) < 4.78 is 15.7. The lowest BCUT2D eigenvalue weighted by Crippen LogP contribution is -2.44. The maximum atomic E-state index is 12.4. The number of aliphatic hydroxyl groups is 1. The lowest BCUT2D eigenvalue weighted by molar-refractivity contribution is 0.0560. The van der Waals surface area contributed by atoms with Crippen LogP contribution in [0.15, 0.2) is 12.1 Å². The molecule has 0 spiro atoms. The van der Waals surface area contributed by atoms with Gasteiger partial charge in [0.25, 0.3) is 5.91 Å². The minimum atomic E-state index is -0.903. The van der Waals surface area contributed by atoms with Crippen molar-refractivity contribution in [1.29, 1.82) is 0 Å². The molecule has 7 nitrogen and oxygen atoms in total. The molecule has 1 aromatic rings. The van der Waals surface area contributed by atoms with Crippen molar-refractivity contribution in [3.8, 4) is 17.2 Å². The Bertz CT molecular complexity index is 541. The average Bonchev–Trinajstić information content (AvgIpc) is 2.98. The second-order valence-electron chi connectivity index (χ2n) is 5.22. The van der Waals surface area contributed by atoms with Crippen molar-refractivity contribution in [1.82, 2.24) is 10.6 Å². The van der Waals surface area contributed by atoms with Crippen LogP contribution >= 0.6 is 0 Å². The van der Waals surface area contributed by atoms with Crippen molar-refractivity contribution in [3.05, 3.63) is 17.7 Å². The zero-order valence-electron chi connectivity index (χ0n) is 13.1. The number of hydrogen-bond donors (Lipinski definition) is 3. The number of amides is 1. The van der Waals surface area contributed by atoms with E-state index in [-0.39, 0.29) is 12.5 Å². The van der Waals surface area contributed by atoms with Gasteiger partial charge in [-0.25, -0.2) is 0 Å². The molecule has 1 aliphatic rings. The molecule has 1 heterocycles. The van der Waals surface area contributed by atoms with Gasteiger partial charge in [-0.05, 0) is 25.1 Å². The highest BCUT2D eigenvalue weighted by atomic mass is 16.5. The third kappa shape index (κ3) is 3.26. The van der Waals surface area contributed by atoms with E-state index in [1.54, 1.807) is 12.1 Å². The number of nitrogens with one attached hydrogen (secondary N) is 2. The minimum absolute atomic E-state index is 0.177. The summed E-state index contributed by atoms with van der Waals surface area (Å²) in [5.74, 6) is 0.808. The van der Waals surface area contributed by atoms with Crippen LogP contribution in [-0.4, -0.2) is 57.6 Å². The molecule has 0 radical (unpaired) electrons. The van der Waals surface area contributed by atoms with Gasteiger partial charge in [0.15, 0.2) is 11.5 Å². The van der Waals surface area contributed by atoms with Crippen LogP contribution in [0.3, 0.4) is 0 Å². The number of rotatable bonds is 6. The Morgan fingerprint density at radius 3 is 2.55 bits per heavy atom. The Labute approximate surface area is 129 Å². The molecule has 1 aromatic carbocycles. The third-order valence-corrected chi connectivity index (χ3v) is 3.75. The zero-order chi connectivity index (χ0) is 16.2. The fourth-order valence-electron chi connectivity index (χ4n) is 2.50. The molecule has 0 unspecified atom stereocenters. The molecule has 2 rings (SSSR count). The molecule has 7 heteroatoms. The first-order chi connectivity index (χ1) is 10.5. The monoisotopic (exact) mass is 310 g/mol. The van der Waals surface area contributed by atoms with Crippen molar-refractivity contribution >= 4 is 5.91 Å². The third-order valence-electron chi connectivity index (χ3n) is 3.75. The summed E-state index contributed by atoms with van der Waals surface area (Å²) in [6.07, 6.45) is 0.607. The number of hydrogen-bond acceptors (Lipinski definition) is 6. The van der Waals surface area contributed by atoms with Crippen LogP contribution in [0.1, 0.15) is 16.8 Å². The molecule has 1 amide bonds. The number of methoxy groups -OCH3 is 3. The maximum absolute atomic E-state index is 12.4. The first-order valence-corrected chi connectivity index (χ1v) is 7.05. The summed E-state index contributed by atoms with van der Waals surface area (Å²) in [5.41, 5.74) is -0.575. The largest absolute Gasteiger partial charge is 0.493 e. The molecule has 0 saturated carbocycles. The molecule has 0 bridgehead atoms. The van der Waals surface area contributed by atoms with E-state index in [2.05, 4.69) is 10.6 Å². The first-order valence-electron chi connectivity index (χ1n) is 7.05. The molecular weight excluding hydrogens is 288 g/mol. The predicted octanol–water partition coefficient (Wildman–Crippen LogP) is 0.167. The Morgan fingerprint density at radius 2 is 2.00 bits per heavy atom. The second kappa shape index (κ2) is 6.85. The molecule has 1 fully saturated rings. The summed E-state index contributed by atoms with van der Waals surface area (Å²) >= 11 is 0. The smallest absolute Gasteiger partial charge is 0.255 e. The Morgan fingerprint density at radius 1 is 1.27 bits per heavy atom. The molecule has 1 aliphatic heterocycles. The standard InChI is InChI=1S/C15H22N2O5/c1-20-11-5-4-10(12(21-2)13(11)22-3)14(18)17-9-15(19)6-7-16-8-15/h4-5,16,19H,6-9H2,1-3H3,(H,17,18)/t15-/m1/s1. The number of carbonyl (C=O) groups is 1. The van der Waals surface area contributed by atoms with Crippen LogP contribution in [0.25, 0.3) is 0 Å². The van der Waals surface area contributed by atoms with Crippen molar-refractivity contribution in [2.45, 2.75) is 12.0 Å². The molecule has 1 atom stereocenters.